The van der Waals surface area contributed by atoms with Gasteiger partial charge in [0, 0.05) is 25.2 Å². The zero-order chi connectivity index (χ0) is 12.7. The number of ether oxygens (including phenoxy) is 1. The fraction of sp³-hybridized carbons (Fsp3) is 1.00. The monoisotopic (exact) mass is 242 g/mol. The summed E-state index contributed by atoms with van der Waals surface area (Å²) >= 11 is 0. The number of likely N-dealkylation sites (N-methyl/N-ethyl adjacent to an activating group) is 1. The number of hydrogen-bond donors (Lipinski definition) is 1. The number of methoxy groups -OCH3 is 1. The Bertz CT molecular complexity index is 199. The SMILES string of the molecule is CCCNC1CCC(N(CC)C(C)COC)C1. The van der Waals surface area contributed by atoms with Crippen molar-refractivity contribution in [2.45, 2.75) is 64.6 Å². The maximum Gasteiger partial charge on any atom is 0.0615 e. The van der Waals surface area contributed by atoms with Crippen LogP contribution >= 0.6 is 0 Å². The quantitative estimate of drug-likeness (QED) is 0.706. The lowest BCUT2D eigenvalue weighted by molar-refractivity contribution is 0.0741. The van der Waals surface area contributed by atoms with Crippen LogP contribution in [0, 0.1) is 0 Å². The van der Waals surface area contributed by atoms with E-state index in [4.69, 9.17) is 4.74 Å². The second kappa shape index (κ2) is 8.06. The molecule has 3 nitrogen and oxygen atoms in total. The molecule has 0 saturated heterocycles. The van der Waals surface area contributed by atoms with Crippen LogP contribution in [0.2, 0.25) is 0 Å². The van der Waals surface area contributed by atoms with Gasteiger partial charge in [-0.2, -0.15) is 0 Å². The first kappa shape index (κ1) is 14.9. The molecule has 1 aliphatic carbocycles. The first-order chi connectivity index (χ1) is 8.22. The second-order valence-corrected chi connectivity index (χ2v) is 5.25. The lowest BCUT2D eigenvalue weighted by Gasteiger charge is -2.33. The van der Waals surface area contributed by atoms with Gasteiger partial charge in [0.15, 0.2) is 0 Å². The molecule has 0 bridgehead atoms. The van der Waals surface area contributed by atoms with E-state index in [0.29, 0.717) is 6.04 Å². The third kappa shape index (κ3) is 4.57. The summed E-state index contributed by atoms with van der Waals surface area (Å²) in [4.78, 5) is 2.61. The highest BCUT2D eigenvalue weighted by Crippen LogP contribution is 2.25. The Hall–Kier alpha value is -0.120. The average molecular weight is 242 g/mol. The van der Waals surface area contributed by atoms with Crippen LogP contribution in [0.1, 0.15) is 46.5 Å². The molecule has 0 spiro atoms. The molecule has 0 aromatic heterocycles. The molecule has 1 rings (SSSR count). The van der Waals surface area contributed by atoms with Gasteiger partial charge < -0.3 is 10.1 Å². The number of nitrogens with zero attached hydrogens (tertiary/aromatic N) is 1. The minimum absolute atomic E-state index is 0.542. The Labute approximate surface area is 107 Å². The molecule has 1 fully saturated rings. The predicted molar refractivity (Wildman–Crippen MR) is 73.4 cm³/mol. The van der Waals surface area contributed by atoms with E-state index in [-0.39, 0.29) is 0 Å². The van der Waals surface area contributed by atoms with Crippen molar-refractivity contribution < 1.29 is 4.74 Å². The van der Waals surface area contributed by atoms with Crippen molar-refractivity contribution >= 4 is 0 Å². The molecule has 102 valence electrons. The Morgan fingerprint density at radius 1 is 1.35 bits per heavy atom. The minimum atomic E-state index is 0.542. The number of hydrogen-bond acceptors (Lipinski definition) is 3. The fourth-order valence-corrected chi connectivity index (χ4v) is 3.06. The van der Waals surface area contributed by atoms with E-state index < -0.39 is 0 Å². The van der Waals surface area contributed by atoms with E-state index >= 15 is 0 Å². The van der Waals surface area contributed by atoms with Crippen molar-refractivity contribution in [2.24, 2.45) is 0 Å². The normalized spacial score (nSPS) is 26.6. The van der Waals surface area contributed by atoms with E-state index in [1.165, 1.54) is 25.7 Å². The molecule has 3 unspecified atom stereocenters. The minimum Gasteiger partial charge on any atom is -0.383 e. The van der Waals surface area contributed by atoms with Gasteiger partial charge in [0.2, 0.25) is 0 Å². The van der Waals surface area contributed by atoms with Gasteiger partial charge >= 0.3 is 0 Å². The second-order valence-electron chi connectivity index (χ2n) is 5.25. The summed E-state index contributed by atoms with van der Waals surface area (Å²) in [6, 6.07) is 2.03. The van der Waals surface area contributed by atoms with Gasteiger partial charge in [-0.3, -0.25) is 4.90 Å². The Kier molecular flexibility index (Phi) is 7.09. The molecule has 1 saturated carbocycles. The van der Waals surface area contributed by atoms with Gasteiger partial charge in [-0.25, -0.2) is 0 Å². The molecule has 0 aliphatic heterocycles. The van der Waals surface area contributed by atoms with Gasteiger partial charge in [-0.1, -0.05) is 13.8 Å². The summed E-state index contributed by atoms with van der Waals surface area (Å²) in [5.74, 6) is 0. The molecule has 1 aliphatic rings. The molecule has 1 N–H and O–H groups in total. The molecule has 17 heavy (non-hydrogen) atoms. The third-order valence-corrected chi connectivity index (χ3v) is 3.90. The molecule has 3 atom stereocenters. The van der Waals surface area contributed by atoms with Gasteiger partial charge in [0.25, 0.3) is 0 Å². The zero-order valence-electron chi connectivity index (χ0n) is 12.0. The highest BCUT2D eigenvalue weighted by molar-refractivity contribution is 4.88. The molecule has 0 amide bonds. The van der Waals surface area contributed by atoms with Crippen LogP contribution in [0.15, 0.2) is 0 Å². The van der Waals surface area contributed by atoms with Crippen molar-refractivity contribution in [2.75, 3.05) is 26.8 Å². The van der Waals surface area contributed by atoms with Crippen LogP contribution in [0.4, 0.5) is 0 Å². The van der Waals surface area contributed by atoms with E-state index in [1.807, 2.05) is 0 Å². The summed E-state index contributed by atoms with van der Waals surface area (Å²) in [6.45, 7) is 9.92. The lowest BCUT2D eigenvalue weighted by Crippen LogP contribution is -2.43. The van der Waals surface area contributed by atoms with Crippen molar-refractivity contribution in [3.8, 4) is 0 Å². The Morgan fingerprint density at radius 3 is 2.71 bits per heavy atom. The maximum absolute atomic E-state index is 5.28. The molecule has 0 aromatic carbocycles. The topological polar surface area (TPSA) is 24.5 Å². The molecule has 0 heterocycles. The van der Waals surface area contributed by atoms with Crippen LogP contribution in [-0.2, 0) is 4.74 Å². The molecule has 3 heteroatoms. The van der Waals surface area contributed by atoms with Crippen LogP contribution in [0.5, 0.6) is 0 Å². The third-order valence-electron chi connectivity index (χ3n) is 3.90. The molecule has 0 radical (unpaired) electrons. The fourth-order valence-electron chi connectivity index (χ4n) is 3.06. The van der Waals surface area contributed by atoms with Crippen molar-refractivity contribution in [3.05, 3.63) is 0 Å². The first-order valence-corrected chi connectivity index (χ1v) is 7.20. The lowest BCUT2D eigenvalue weighted by atomic mass is 10.1. The van der Waals surface area contributed by atoms with Gasteiger partial charge in [-0.05, 0) is 45.7 Å². The Balaban J connectivity index is 2.38. The maximum atomic E-state index is 5.28. The highest BCUT2D eigenvalue weighted by Gasteiger charge is 2.30. The van der Waals surface area contributed by atoms with Gasteiger partial charge in [0.05, 0.1) is 6.61 Å². The standard InChI is InChI=1S/C14H30N2O/c1-5-9-15-13-7-8-14(10-13)16(6-2)12(3)11-17-4/h12-15H,5-11H2,1-4H3. The van der Waals surface area contributed by atoms with E-state index in [1.54, 1.807) is 7.11 Å². The first-order valence-electron chi connectivity index (χ1n) is 7.20. The van der Waals surface area contributed by atoms with Crippen LogP contribution in [-0.4, -0.2) is 49.8 Å². The van der Waals surface area contributed by atoms with Crippen LogP contribution < -0.4 is 5.32 Å². The molecular formula is C14H30N2O. The number of nitrogens with one attached hydrogen (secondary N) is 1. The van der Waals surface area contributed by atoms with Crippen molar-refractivity contribution in [1.82, 2.24) is 10.2 Å². The van der Waals surface area contributed by atoms with Gasteiger partial charge in [-0.15, -0.1) is 0 Å². The summed E-state index contributed by atoms with van der Waals surface area (Å²) in [6.07, 6.45) is 5.21. The summed E-state index contributed by atoms with van der Waals surface area (Å²) in [7, 11) is 1.80. The molecular weight excluding hydrogens is 212 g/mol. The van der Waals surface area contributed by atoms with Crippen molar-refractivity contribution in [1.29, 1.82) is 0 Å². The summed E-state index contributed by atoms with van der Waals surface area (Å²) in [5, 5.41) is 3.65. The summed E-state index contributed by atoms with van der Waals surface area (Å²) < 4.78 is 5.28. The zero-order valence-corrected chi connectivity index (χ0v) is 12.0. The smallest absolute Gasteiger partial charge is 0.0615 e. The van der Waals surface area contributed by atoms with Crippen LogP contribution in [0.3, 0.4) is 0 Å². The largest absolute Gasteiger partial charge is 0.383 e. The Morgan fingerprint density at radius 2 is 2.12 bits per heavy atom. The summed E-state index contributed by atoms with van der Waals surface area (Å²) in [5.41, 5.74) is 0. The van der Waals surface area contributed by atoms with Gasteiger partial charge in [0.1, 0.15) is 0 Å². The van der Waals surface area contributed by atoms with Crippen molar-refractivity contribution in [3.63, 3.8) is 0 Å². The van der Waals surface area contributed by atoms with Crippen LogP contribution in [0.25, 0.3) is 0 Å². The van der Waals surface area contributed by atoms with E-state index in [0.717, 1.165) is 31.8 Å². The highest BCUT2D eigenvalue weighted by atomic mass is 16.5. The number of rotatable bonds is 8. The average Bonchev–Trinajstić information content (AvgIpc) is 2.76. The molecule has 0 aromatic rings. The van der Waals surface area contributed by atoms with E-state index in [9.17, 15) is 0 Å². The van der Waals surface area contributed by atoms with E-state index in [2.05, 4.69) is 31.0 Å². The predicted octanol–water partition coefficient (Wildman–Crippen LogP) is 2.26.